The first-order valence-electron chi connectivity index (χ1n) is 11.3. The van der Waals surface area contributed by atoms with Crippen molar-refractivity contribution < 1.29 is 14.3 Å². The largest absolute Gasteiger partial charge is 0.489 e. The second-order valence-electron chi connectivity index (χ2n) is 11.0. The number of nitrogens with one attached hydrogen (secondary N) is 1. The lowest BCUT2D eigenvalue weighted by molar-refractivity contribution is 0.0101. The summed E-state index contributed by atoms with van der Waals surface area (Å²) in [6.45, 7) is 7.35. The maximum Gasteiger partial charge on any atom is 0.262 e. The first-order chi connectivity index (χ1) is 15.1. The van der Waals surface area contributed by atoms with Crippen molar-refractivity contribution in [2.75, 3.05) is 11.9 Å². The number of fused-ring (bicyclic) bond motifs is 2. The van der Waals surface area contributed by atoms with E-state index in [0.29, 0.717) is 23.7 Å². The summed E-state index contributed by atoms with van der Waals surface area (Å²) in [6, 6.07) is 3.67. The van der Waals surface area contributed by atoms with Gasteiger partial charge in [0.25, 0.3) is 5.91 Å². The van der Waals surface area contributed by atoms with Gasteiger partial charge in [-0.1, -0.05) is 13.8 Å². The molecule has 2 bridgehead atoms. The van der Waals surface area contributed by atoms with Crippen LogP contribution in [-0.2, 0) is 17.2 Å². The molecule has 0 radical (unpaired) electrons. The number of rotatable bonds is 5. The SMILES string of the molecule is Cn1ccc(NC(=O)c2cn3cc(C45COC(C)(C4)C5)nc3cc2OC2CC(C)(C)C2)n1. The van der Waals surface area contributed by atoms with Crippen molar-refractivity contribution in [1.82, 2.24) is 19.2 Å². The molecule has 32 heavy (non-hydrogen) atoms. The normalized spacial score (nSPS) is 28.4. The van der Waals surface area contributed by atoms with Gasteiger partial charge in [0.05, 0.1) is 29.6 Å². The standard InChI is InChI=1S/C24H29N5O3/c1-22(2)8-15(9-22)32-17-7-20-25-18(24-12-23(3,13-24)31-14-24)11-29(20)10-16(17)21(30)26-19-5-6-28(4)27-19/h5-7,10-11,15H,8-9,12-14H2,1-4H3,(H,26,27,30). The van der Waals surface area contributed by atoms with Gasteiger partial charge in [0.2, 0.25) is 0 Å². The third kappa shape index (κ3) is 3.11. The number of carbonyl (C=O) groups is 1. The molecule has 5 heterocycles. The van der Waals surface area contributed by atoms with Crippen LogP contribution in [0.5, 0.6) is 5.75 Å². The average Bonchev–Trinajstić information content (AvgIpc) is 3.42. The van der Waals surface area contributed by atoms with Crippen LogP contribution in [0.15, 0.2) is 30.7 Å². The summed E-state index contributed by atoms with van der Waals surface area (Å²) in [7, 11) is 1.82. The van der Waals surface area contributed by atoms with Crippen molar-refractivity contribution >= 4 is 17.4 Å². The molecule has 0 unspecified atom stereocenters. The Bertz CT molecular complexity index is 1230. The molecule has 1 N–H and O–H groups in total. The molecule has 1 amide bonds. The molecule has 2 aliphatic heterocycles. The Morgan fingerprint density at radius 3 is 2.66 bits per heavy atom. The lowest BCUT2D eigenvalue weighted by Crippen LogP contribution is -2.45. The monoisotopic (exact) mass is 435 g/mol. The lowest BCUT2D eigenvalue weighted by Gasteiger charge is -2.42. The summed E-state index contributed by atoms with van der Waals surface area (Å²) < 4.78 is 15.9. The molecule has 2 aliphatic carbocycles. The van der Waals surface area contributed by atoms with Crippen LogP contribution >= 0.6 is 0 Å². The highest BCUT2D eigenvalue weighted by atomic mass is 16.5. The number of nitrogens with zero attached hydrogens (tertiary/aromatic N) is 4. The molecule has 0 aromatic carbocycles. The van der Waals surface area contributed by atoms with Gasteiger partial charge in [0.15, 0.2) is 5.82 Å². The van der Waals surface area contributed by atoms with Crippen LogP contribution in [0.4, 0.5) is 5.82 Å². The Labute approximate surface area is 186 Å². The van der Waals surface area contributed by atoms with Crippen molar-refractivity contribution in [2.45, 2.75) is 63.6 Å². The highest BCUT2D eigenvalue weighted by Gasteiger charge is 2.61. The number of carbonyl (C=O) groups excluding carboxylic acids is 1. The summed E-state index contributed by atoms with van der Waals surface area (Å²) in [4.78, 5) is 18.1. The number of anilines is 1. The number of hydrogen-bond donors (Lipinski definition) is 1. The van der Waals surface area contributed by atoms with E-state index in [-0.39, 0.29) is 28.4 Å². The van der Waals surface area contributed by atoms with E-state index in [0.717, 1.165) is 37.0 Å². The van der Waals surface area contributed by atoms with E-state index in [4.69, 9.17) is 14.5 Å². The molecule has 4 fully saturated rings. The fourth-order valence-corrected chi connectivity index (χ4v) is 5.79. The van der Waals surface area contributed by atoms with Crippen molar-refractivity contribution in [3.05, 3.63) is 42.0 Å². The Hall–Kier alpha value is -2.87. The van der Waals surface area contributed by atoms with E-state index < -0.39 is 0 Å². The van der Waals surface area contributed by atoms with Crippen LogP contribution < -0.4 is 10.1 Å². The zero-order valence-electron chi connectivity index (χ0n) is 19.0. The minimum Gasteiger partial charge on any atom is -0.489 e. The molecule has 168 valence electrons. The van der Waals surface area contributed by atoms with Crippen molar-refractivity contribution in [1.29, 1.82) is 0 Å². The molecule has 2 saturated heterocycles. The zero-order chi connectivity index (χ0) is 22.3. The van der Waals surface area contributed by atoms with E-state index in [2.05, 4.69) is 31.2 Å². The number of hydrogen-bond acceptors (Lipinski definition) is 5. The maximum atomic E-state index is 13.2. The fourth-order valence-electron chi connectivity index (χ4n) is 5.79. The molecule has 8 nitrogen and oxygen atoms in total. The molecule has 8 heteroatoms. The second-order valence-corrected chi connectivity index (χ2v) is 11.0. The maximum absolute atomic E-state index is 13.2. The van der Waals surface area contributed by atoms with Crippen LogP contribution in [0.25, 0.3) is 5.65 Å². The lowest BCUT2D eigenvalue weighted by atomic mass is 9.62. The van der Waals surface area contributed by atoms with Gasteiger partial charge >= 0.3 is 0 Å². The Morgan fingerprint density at radius 1 is 1.25 bits per heavy atom. The molecule has 7 rings (SSSR count). The van der Waals surface area contributed by atoms with Crippen molar-refractivity contribution in [2.24, 2.45) is 12.5 Å². The van der Waals surface area contributed by atoms with E-state index >= 15 is 0 Å². The van der Waals surface area contributed by atoms with E-state index in [1.807, 2.05) is 29.9 Å². The number of pyridine rings is 1. The van der Waals surface area contributed by atoms with Gasteiger partial charge in [-0.3, -0.25) is 9.48 Å². The molecular weight excluding hydrogens is 406 g/mol. The molecule has 2 saturated carbocycles. The first kappa shape index (κ1) is 19.8. The first-order valence-corrected chi connectivity index (χ1v) is 11.3. The van der Waals surface area contributed by atoms with Gasteiger partial charge in [-0.15, -0.1) is 0 Å². The van der Waals surface area contributed by atoms with E-state index in [1.165, 1.54) is 0 Å². The smallest absolute Gasteiger partial charge is 0.262 e. The molecule has 0 atom stereocenters. The van der Waals surface area contributed by atoms with Gasteiger partial charge in [-0.05, 0) is 38.0 Å². The van der Waals surface area contributed by atoms with Crippen molar-refractivity contribution in [3.63, 3.8) is 0 Å². The summed E-state index contributed by atoms with van der Waals surface area (Å²) in [6.07, 6.45) is 9.71. The van der Waals surface area contributed by atoms with Crippen LogP contribution in [-0.4, -0.2) is 43.4 Å². The van der Waals surface area contributed by atoms with Gasteiger partial charge in [-0.2, -0.15) is 5.10 Å². The van der Waals surface area contributed by atoms with Crippen LogP contribution in [0, 0.1) is 5.41 Å². The highest BCUT2D eigenvalue weighted by Crippen LogP contribution is 2.58. The Kier molecular flexibility index (Phi) is 3.92. The number of aryl methyl sites for hydroxylation is 1. The molecule has 3 aromatic rings. The van der Waals surface area contributed by atoms with E-state index in [9.17, 15) is 4.79 Å². The summed E-state index contributed by atoms with van der Waals surface area (Å²) in [5.41, 5.74) is 2.58. The topological polar surface area (TPSA) is 82.7 Å². The van der Waals surface area contributed by atoms with Gasteiger partial charge in [0, 0.05) is 43.2 Å². The quantitative estimate of drug-likeness (QED) is 0.661. The third-order valence-corrected chi connectivity index (χ3v) is 7.27. The number of imidazole rings is 1. The van der Waals surface area contributed by atoms with Crippen LogP contribution in [0.3, 0.4) is 0 Å². The summed E-state index contributed by atoms with van der Waals surface area (Å²) in [5.74, 6) is 0.839. The Morgan fingerprint density at radius 2 is 2.03 bits per heavy atom. The van der Waals surface area contributed by atoms with Crippen molar-refractivity contribution in [3.8, 4) is 5.75 Å². The number of ether oxygens (including phenoxy) is 2. The van der Waals surface area contributed by atoms with E-state index in [1.54, 1.807) is 16.9 Å². The predicted molar refractivity (Wildman–Crippen MR) is 119 cm³/mol. The van der Waals surface area contributed by atoms with Gasteiger partial charge in [0.1, 0.15) is 11.4 Å². The number of amides is 1. The minimum absolute atomic E-state index is 0.00380. The molecular formula is C24H29N5O3. The summed E-state index contributed by atoms with van der Waals surface area (Å²) >= 11 is 0. The summed E-state index contributed by atoms with van der Waals surface area (Å²) in [5, 5.41) is 7.15. The zero-order valence-corrected chi connectivity index (χ0v) is 19.0. The van der Waals surface area contributed by atoms with Crippen LogP contribution in [0.1, 0.15) is 62.5 Å². The highest BCUT2D eigenvalue weighted by molar-refractivity contribution is 6.05. The Balaban J connectivity index is 1.35. The average molecular weight is 436 g/mol. The second kappa shape index (κ2) is 6.34. The molecule has 4 aliphatic rings. The number of aromatic nitrogens is 4. The van der Waals surface area contributed by atoms with Crippen LogP contribution in [0.2, 0.25) is 0 Å². The minimum atomic E-state index is -0.243. The molecule has 3 aromatic heterocycles. The van der Waals surface area contributed by atoms with Gasteiger partial charge < -0.3 is 19.2 Å². The third-order valence-electron chi connectivity index (χ3n) is 7.27. The molecule has 0 spiro atoms. The predicted octanol–water partition coefficient (Wildman–Crippen LogP) is 3.71. The fraction of sp³-hybridized carbons (Fsp3) is 0.542. The van der Waals surface area contributed by atoms with Gasteiger partial charge in [-0.25, -0.2) is 4.98 Å².